The van der Waals surface area contributed by atoms with E-state index in [0.29, 0.717) is 29.8 Å². The van der Waals surface area contributed by atoms with Gasteiger partial charge in [-0.3, -0.25) is 0 Å². The molecule has 3 rings (SSSR count). The van der Waals surface area contributed by atoms with Gasteiger partial charge in [0, 0.05) is 10.9 Å². The van der Waals surface area contributed by atoms with E-state index in [1.54, 1.807) is 17.4 Å². The third-order valence-electron chi connectivity index (χ3n) is 4.59. The van der Waals surface area contributed by atoms with Crippen molar-refractivity contribution in [3.63, 3.8) is 0 Å². The molecule has 0 spiro atoms. The molecule has 0 amide bonds. The topological polar surface area (TPSA) is 83.0 Å². The highest BCUT2D eigenvalue weighted by Crippen LogP contribution is 2.25. The molecule has 0 unspecified atom stereocenters. The van der Waals surface area contributed by atoms with Crippen LogP contribution in [0.25, 0.3) is 0 Å². The lowest BCUT2D eigenvalue weighted by Crippen LogP contribution is -2.40. The first-order valence-corrected chi connectivity index (χ1v) is 10.1. The van der Waals surface area contributed by atoms with Gasteiger partial charge in [-0.15, -0.1) is 11.3 Å². The van der Waals surface area contributed by atoms with Crippen LogP contribution in [0, 0.1) is 0 Å². The molecule has 3 N–H and O–H groups in total. The van der Waals surface area contributed by atoms with Crippen molar-refractivity contribution >= 4 is 29.0 Å². The fourth-order valence-corrected chi connectivity index (χ4v) is 3.76. The maximum Gasteiger partial charge on any atom is 0.337 e. The van der Waals surface area contributed by atoms with Crippen molar-refractivity contribution in [2.45, 2.75) is 44.7 Å². The third-order valence-corrected chi connectivity index (χ3v) is 5.45. The highest BCUT2D eigenvalue weighted by atomic mass is 32.1. The SMILES string of the molecule is COC(=O)c1ccc(O)c(NC(=NCc2cccs2)NC2CCCCC2)c1. The Labute approximate surface area is 163 Å². The summed E-state index contributed by atoms with van der Waals surface area (Å²) in [5.41, 5.74) is 0.791. The molecule has 1 heterocycles. The van der Waals surface area contributed by atoms with Crippen LogP contribution in [0.4, 0.5) is 5.69 Å². The Kier molecular flexibility index (Phi) is 6.70. The van der Waals surface area contributed by atoms with Gasteiger partial charge in [-0.25, -0.2) is 9.79 Å². The quantitative estimate of drug-likeness (QED) is 0.311. The van der Waals surface area contributed by atoms with Crippen LogP contribution < -0.4 is 10.6 Å². The van der Waals surface area contributed by atoms with Crippen molar-refractivity contribution in [2.75, 3.05) is 12.4 Å². The number of methoxy groups -OCH3 is 1. The smallest absolute Gasteiger partial charge is 0.337 e. The summed E-state index contributed by atoms with van der Waals surface area (Å²) in [7, 11) is 1.33. The average Bonchev–Trinajstić information content (AvgIpc) is 3.21. The van der Waals surface area contributed by atoms with Crippen LogP contribution in [0.2, 0.25) is 0 Å². The van der Waals surface area contributed by atoms with Crippen LogP contribution in [0.15, 0.2) is 40.7 Å². The predicted molar refractivity (Wildman–Crippen MR) is 109 cm³/mol. The fourth-order valence-electron chi connectivity index (χ4n) is 3.13. The number of rotatable bonds is 5. The molecule has 144 valence electrons. The molecule has 7 heteroatoms. The molecule has 1 aromatic heterocycles. The Morgan fingerprint density at radius 1 is 1.30 bits per heavy atom. The Balaban J connectivity index is 1.79. The van der Waals surface area contributed by atoms with Crippen LogP contribution >= 0.6 is 11.3 Å². The number of guanidine groups is 1. The lowest BCUT2D eigenvalue weighted by molar-refractivity contribution is 0.0601. The minimum Gasteiger partial charge on any atom is -0.506 e. The predicted octanol–water partition coefficient (Wildman–Crippen LogP) is 4.13. The first-order valence-electron chi connectivity index (χ1n) is 9.17. The maximum atomic E-state index is 11.8. The van der Waals surface area contributed by atoms with Crippen molar-refractivity contribution in [1.82, 2.24) is 5.32 Å². The van der Waals surface area contributed by atoms with Gasteiger partial charge in [-0.2, -0.15) is 0 Å². The van der Waals surface area contributed by atoms with E-state index >= 15 is 0 Å². The van der Waals surface area contributed by atoms with E-state index in [4.69, 9.17) is 4.74 Å². The number of nitrogens with one attached hydrogen (secondary N) is 2. The van der Waals surface area contributed by atoms with Gasteiger partial charge in [0.05, 0.1) is 24.9 Å². The minimum absolute atomic E-state index is 0.0527. The summed E-state index contributed by atoms with van der Waals surface area (Å²) in [4.78, 5) is 17.6. The van der Waals surface area contributed by atoms with Gasteiger partial charge >= 0.3 is 5.97 Å². The standard InChI is InChI=1S/C20H25N3O3S/c1-26-19(25)14-9-10-18(24)17(12-14)23-20(21-13-16-8-5-11-27-16)22-15-6-3-2-4-7-15/h5,8-12,15,24H,2-4,6-7,13H2,1H3,(H2,21,22,23). The van der Waals surface area contributed by atoms with Gasteiger partial charge in [-0.1, -0.05) is 25.3 Å². The van der Waals surface area contributed by atoms with E-state index in [1.165, 1.54) is 38.5 Å². The summed E-state index contributed by atoms with van der Waals surface area (Å²) in [5.74, 6) is 0.208. The minimum atomic E-state index is -0.449. The number of carbonyl (C=O) groups is 1. The summed E-state index contributed by atoms with van der Waals surface area (Å²) in [6, 6.07) is 8.99. The number of nitrogens with zero attached hydrogens (tertiary/aromatic N) is 1. The van der Waals surface area contributed by atoms with Gasteiger partial charge in [0.2, 0.25) is 0 Å². The molecule has 0 saturated heterocycles. The molecule has 2 aromatic rings. The Hall–Kier alpha value is -2.54. The van der Waals surface area contributed by atoms with Crippen LogP contribution in [0.1, 0.15) is 47.3 Å². The van der Waals surface area contributed by atoms with Crippen LogP contribution in [0.5, 0.6) is 5.75 Å². The summed E-state index contributed by atoms with van der Waals surface area (Å²) >= 11 is 1.66. The average molecular weight is 388 g/mol. The van der Waals surface area contributed by atoms with Crippen molar-refractivity contribution in [3.05, 3.63) is 46.2 Å². The number of esters is 1. The summed E-state index contributed by atoms with van der Waals surface area (Å²) in [5, 5.41) is 18.9. The number of carbonyl (C=O) groups excluding carboxylic acids is 1. The summed E-state index contributed by atoms with van der Waals surface area (Å²) < 4.78 is 4.76. The molecule has 0 aliphatic heterocycles. The largest absolute Gasteiger partial charge is 0.506 e. The number of hydrogen-bond donors (Lipinski definition) is 3. The summed E-state index contributed by atoms with van der Waals surface area (Å²) in [6.45, 7) is 0.553. The number of phenols is 1. The van der Waals surface area contributed by atoms with Crippen molar-refractivity contribution in [2.24, 2.45) is 4.99 Å². The van der Waals surface area contributed by atoms with Crippen LogP contribution in [-0.4, -0.2) is 30.2 Å². The Morgan fingerprint density at radius 3 is 2.81 bits per heavy atom. The molecule has 6 nitrogen and oxygen atoms in total. The van der Waals surface area contributed by atoms with Gasteiger partial charge in [0.25, 0.3) is 0 Å². The highest BCUT2D eigenvalue weighted by molar-refractivity contribution is 7.09. The Bertz CT molecular complexity index is 784. The molecule has 0 atom stereocenters. The first kappa shape index (κ1) is 19.2. The number of anilines is 1. The zero-order chi connectivity index (χ0) is 19.1. The molecule has 0 radical (unpaired) electrons. The fraction of sp³-hybridized carbons (Fsp3) is 0.400. The van der Waals surface area contributed by atoms with E-state index in [0.717, 1.165) is 17.7 Å². The monoisotopic (exact) mass is 387 g/mol. The molecular weight excluding hydrogens is 362 g/mol. The van der Waals surface area contributed by atoms with Crippen molar-refractivity contribution in [3.8, 4) is 5.75 Å². The van der Waals surface area contributed by atoms with Gasteiger partial charge in [0.1, 0.15) is 5.75 Å². The maximum absolute atomic E-state index is 11.8. The number of aromatic hydroxyl groups is 1. The normalized spacial score (nSPS) is 15.4. The third kappa shape index (κ3) is 5.47. The molecule has 0 bridgehead atoms. The molecule has 27 heavy (non-hydrogen) atoms. The number of aliphatic imine (C=N–C) groups is 1. The number of ether oxygens (including phenoxy) is 1. The Morgan fingerprint density at radius 2 is 2.11 bits per heavy atom. The van der Waals surface area contributed by atoms with Crippen LogP contribution in [0.3, 0.4) is 0 Å². The second-order valence-corrected chi connectivity index (χ2v) is 7.60. The van der Waals surface area contributed by atoms with E-state index in [9.17, 15) is 9.90 Å². The van der Waals surface area contributed by atoms with Gasteiger partial charge in [-0.05, 0) is 42.5 Å². The van der Waals surface area contributed by atoms with Crippen LogP contribution in [-0.2, 0) is 11.3 Å². The van der Waals surface area contributed by atoms with Crippen molar-refractivity contribution in [1.29, 1.82) is 0 Å². The van der Waals surface area contributed by atoms with E-state index in [-0.39, 0.29) is 5.75 Å². The molecule has 1 saturated carbocycles. The lowest BCUT2D eigenvalue weighted by Gasteiger charge is -2.25. The molecule has 1 aliphatic carbocycles. The molecule has 1 aromatic carbocycles. The van der Waals surface area contributed by atoms with E-state index in [1.807, 2.05) is 17.5 Å². The van der Waals surface area contributed by atoms with Gasteiger partial charge in [0.15, 0.2) is 5.96 Å². The number of benzene rings is 1. The second kappa shape index (κ2) is 9.41. The first-order chi connectivity index (χ1) is 13.2. The van der Waals surface area contributed by atoms with E-state index in [2.05, 4.69) is 15.6 Å². The zero-order valence-corrected chi connectivity index (χ0v) is 16.2. The number of hydrogen-bond acceptors (Lipinski definition) is 5. The number of thiophene rings is 1. The number of phenolic OH excluding ortho intramolecular Hbond substituents is 1. The van der Waals surface area contributed by atoms with E-state index < -0.39 is 5.97 Å². The van der Waals surface area contributed by atoms with Gasteiger partial charge < -0.3 is 20.5 Å². The zero-order valence-electron chi connectivity index (χ0n) is 15.4. The highest BCUT2D eigenvalue weighted by Gasteiger charge is 2.16. The van der Waals surface area contributed by atoms with Crippen molar-refractivity contribution < 1.29 is 14.6 Å². The molecular formula is C20H25N3O3S. The molecule has 1 fully saturated rings. The lowest BCUT2D eigenvalue weighted by atomic mass is 9.96. The molecule has 1 aliphatic rings. The summed E-state index contributed by atoms with van der Waals surface area (Å²) in [6.07, 6.45) is 5.90. The second-order valence-electron chi connectivity index (χ2n) is 6.57.